The molecule has 4 rings (SSSR count). The molecule has 2 aromatic carbocycles. The highest BCUT2D eigenvalue weighted by molar-refractivity contribution is 7.98. The maximum absolute atomic E-state index is 13.4. The molecule has 2 aromatic heterocycles. The van der Waals surface area contributed by atoms with E-state index < -0.39 is 11.7 Å². The van der Waals surface area contributed by atoms with E-state index in [1.807, 2.05) is 29.6 Å². The van der Waals surface area contributed by atoms with Crippen LogP contribution in [-0.4, -0.2) is 40.9 Å². The van der Waals surface area contributed by atoms with E-state index in [4.69, 9.17) is 4.74 Å². The number of methoxy groups -OCH3 is 1. The normalized spacial score (nSPS) is 11.5. The Morgan fingerprint density at radius 3 is 2.69 bits per heavy atom. The van der Waals surface area contributed by atoms with Gasteiger partial charge < -0.3 is 10.1 Å². The molecule has 6 nitrogen and oxygen atoms in total. The molecule has 35 heavy (non-hydrogen) atoms. The third-order valence-corrected chi connectivity index (χ3v) is 6.86. The predicted octanol–water partition coefficient (Wildman–Crippen LogP) is 5.68. The van der Waals surface area contributed by atoms with Crippen molar-refractivity contribution in [1.29, 1.82) is 0 Å². The van der Waals surface area contributed by atoms with Gasteiger partial charge in [-0.1, -0.05) is 42.1 Å². The number of amides is 1. The summed E-state index contributed by atoms with van der Waals surface area (Å²) < 4.78 is 46.8. The van der Waals surface area contributed by atoms with Gasteiger partial charge in [-0.25, -0.2) is 0 Å². The lowest BCUT2D eigenvalue weighted by Gasteiger charge is -2.13. The van der Waals surface area contributed by atoms with Crippen LogP contribution in [0, 0.1) is 0 Å². The lowest BCUT2D eigenvalue weighted by atomic mass is 10.1. The number of halogens is 3. The van der Waals surface area contributed by atoms with Gasteiger partial charge in [0, 0.05) is 25.0 Å². The molecule has 0 aliphatic rings. The molecule has 2 heterocycles. The van der Waals surface area contributed by atoms with Crippen LogP contribution in [0.15, 0.2) is 71.2 Å². The molecule has 0 saturated heterocycles. The monoisotopic (exact) mass is 518 g/mol. The van der Waals surface area contributed by atoms with Gasteiger partial charge in [-0.15, -0.1) is 21.5 Å². The topological polar surface area (TPSA) is 69.0 Å². The van der Waals surface area contributed by atoms with Crippen LogP contribution in [0.5, 0.6) is 0 Å². The minimum Gasteiger partial charge on any atom is -0.383 e. The molecular weight excluding hydrogens is 497 g/mol. The van der Waals surface area contributed by atoms with Gasteiger partial charge in [-0.3, -0.25) is 9.36 Å². The third kappa shape index (κ3) is 5.92. The van der Waals surface area contributed by atoms with Crippen molar-refractivity contribution >= 4 is 29.0 Å². The maximum atomic E-state index is 13.4. The second-order valence-electron chi connectivity index (χ2n) is 7.36. The van der Waals surface area contributed by atoms with Gasteiger partial charge in [0.25, 0.3) is 5.91 Å². The number of thioether (sulfide) groups is 1. The number of carbonyl (C=O) groups excluding carboxylic acids is 1. The van der Waals surface area contributed by atoms with Gasteiger partial charge >= 0.3 is 6.18 Å². The Balaban J connectivity index is 1.66. The highest BCUT2D eigenvalue weighted by Crippen LogP contribution is 2.35. The van der Waals surface area contributed by atoms with Crippen molar-refractivity contribution < 1.29 is 22.7 Å². The summed E-state index contributed by atoms with van der Waals surface area (Å²) in [6.45, 7) is 0.777. The van der Waals surface area contributed by atoms with E-state index in [-0.39, 0.29) is 5.91 Å². The summed E-state index contributed by atoms with van der Waals surface area (Å²) in [5.41, 5.74) is 0.833. The largest absolute Gasteiger partial charge is 0.416 e. The van der Waals surface area contributed by atoms with E-state index in [1.165, 1.54) is 29.2 Å². The van der Waals surface area contributed by atoms with E-state index >= 15 is 0 Å². The van der Waals surface area contributed by atoms with Crippen molar-refractivity contribution in [3.63, 3.8) is 0 Å². The van der Waals surface area contributed by atoms with Gasteiger partial charge in [0.2, 0.25) is 0 Å². The number of hydrogen-bond acceptors (Lipinski definition) is 6. The highest BCUT2D eigenvalue weighted by atomic mass is 32.2. The van der Waals surface area contributed by atoms with Crippen molar-refractivity contribution in [1.82, 2.24) is 20.1 Å². The molecule has 0 aliphatic carbocycles. The fraction of sp³-hybridized carbons (Fsp3) is 0.208. The summed E-state index contributed by atoms with van der Waals surface area (Å²) in [6, 6.07) is 15.9. The number of benzene rings is 2. The van der Waals surface area contributed by atoms with Crippen LogP contribution in [0.3, 0.4) is 0 Å². The van der Waals surface area contributed by atoms with Gasteiger partial charge in [0.05, 0.1) is 22.7 Å². The number of hydrogen-bond donors (Lipinski definition) is 1. The van der Waals surface area contributed by atoms with Crippen LogP contribution in [0.2, 0.25) is 0 Å². The van der Waals surface area contributed by atoms with Crippen LogP contribution in [0.1, 0.15) is 21.5 Å². The minimum absolute atomic E-state index is 0.225. The molecule has 182 valence electrons. The predicted molar refractivity (Wildman–Crippen MR) is 130 cm³/mol. The smallest absolute Gasteiger partial charge is 0.383 e. The summed E-state index contributed by atoms with van der Waals surface area (Å²) in [7, 11) is 1.56. The fourth-order valence-electron chi connectivity index (χ4n) is 3.35. The van der Waals surface area contributed by atoms with Gasteiger partial charge in [0.1, 0.15) is 0 Å². The molecule has 0 spiro atoms. The molecule has 0 unspecified atom stereocenters. The summed E-state index contributed by atoms with van der Waals surface area (Å²) >= 11 is 2.71. The number of aromatic nitrogens is 3. The van der Waals surface area contributed by atoms with Crippen molar-refractivity contribution in [2.24, 2.45) is 0 Å². The summed E-state index contributed by atoms with van der Waals surface area (Å²) in [6.07, 6.45) is -4.48. The number of carbonyl (C=O) groups is 1. The van der Waals surface area contributed by atoms with E-state index in [0.29, 0.717) is 41.1 Å². The first kappa shape index (κ1) is 25.0. The first-order chi connectivity index (χ1) is 16.9. The van der Waals surface area contributed by atoms with Crippen LogP contribution in [0.25, 0.3) is 16.4 Å². The number of ether oxygens (including phenoxy) is 1. The Bertz CT molecular complexity index is 1290. The summed E-state index contributed by atoms with van der Waals surface area (Å²) in [5.74, 6) is 0.597. The Hall–Kier alpha value is -3.15. The highest BCUT2D eigenvalue weighted by Gasteiger charge is 2.31. The quantitative estimate of drug-likeness (QED) is 0.228. The van der Waals surface area contributed by atoms with E-state index in [1.54, 1.807) is 29.9 Å². The molecule has 1 amide bonds. The number of rotatable bonds is 9. The van der Waals surface area contributed by atoms with E-state index in [9.17, 15) is 18.0 Å². The molecule has 0 radical (unpaired) electrons. The lowest BCUT2D eigenvalue weighted by molar-refractivity contribution is -0.137. The number of nitrogens with zero attached hydrogens (tertiary/aromatic N) is 3. The second kappa shape index (κ2) is 11.1. The number of thiophene rings is 1. The van der Waals surface area contributed by atoms with E-state index in [2.05, 4.69) is 15.5 Å². The Labute approximate surface area is 208 Å². The molecule has 0 atom stereocenters. The van der Waals surface area contributed by atoms with Crippen LogP contribution >= 0.6 is 23.1 Å². The Morgan fingerprint density at radius 1 is 1.11 bits per heavy atom. The third-order valence-electron chi connectivity index (χ3n) is 5.02. The molecule has 0 saturated carbocycles. The van der Waals surface area contributed by atoms with E-state index in [0.717, 1.165) is 22.6 Å². The zero-order valence-electron chi connectivity index (χ0n) is 18.6. The van der Waals surface area contributed by atoms with Gasteiger partial charge in [-0.05, 0) is 41.3 Å². The second-order valence-corrected chi connectivity index (χ2v) is 9.25. The zero-order valence-corrected chi connectivity index (χ0v) is 20.2. The van der Waals surface area contributed by atoms with Crippen molar-refractivity contribution in [3.8, 4) is 16.4 Å². The molecule has 1 N–H and O–H groups in total. The number of alkyl halides is 3. The summed E-state index contributed by atoms with van der Waals surface area (Å²) in [5, 5.41) is 13.6. The van der Waals surface area contributed by atoms with Crippen molar-refractivity contribution in [2.75, 3.05) is 20.3 Å². The molecule has 0 fully saturated rings. The zero-order chi connectivity index (χ0) is 24.8. The minimum atomic E-state index is -4.48. The Morgan fingerprint density at radius 2 is 1.94 bits per heavy atom. The molecular formula is C24H21F3N4O2S2. The number of nitrogens with one attached hydrogen (secondary N) is 1. The molecule has 4 aromatic rings. The van der Waals surface area contributed by atoms with Crippen molar-refractivity contribution in [3.05, 3.63) is 82.7 Å². The molecule has 11 heteroatoms. The van der Waals surface area contributed by atoms with Crippen molar-refractivity contribution in [2.45, 2.75) is 17.1 Å². The first-order valence-electron chi connectivity index (χ1n) is 10.5. The summed E-state index contributed by atoms with van der Waals surface area (Å²) in [4.78, 5) is 13.4. The van der Waals surface area contributed by atoms with Crippen LogP contribution < -0.4 is 5.32 Å². The lowest BCUT2D eigenvalue weighted by Crippen LogP contribution is -2.27. The average molecular weight is 519 g/mol. The maximum Gasteiger partial charge on any atom is 0.416 e. The van der Waals surface area contributed by atoms with Crippen LogP contribution in [-0.2, 0) is 16.7 Å². The Kier molecular flexibility index (Phi) is 7.89. The van der Waals surface area contributed by atoms with Gasteiger partial charge in [0.15, 0.2) is 11.0 Å². The molecule has 0 aliphatic heterocycles. The SMILES string of the molecule is COCCNC(=O)c1ccccc1CSc1nnc(-c2cccs2)n1-c1cccc(C(F)(F)F)c1. The first-order valence-corrected chi connectivity index (χ1v) is 12.4. The van der Waals surface area contributed by atoms with Crippen LogP contribution in [0.4, 0.5) is 13.2 Å². The average Bonchev–Trinajstić information content (AvgIpc) is 3.52. The fourth-order valence-corrected chi connectivity index (χ4v) is 5.01. The van der Waals surface area contributed by atoms with Gasteiger partial charge in [-0.2, -0.15) is 13.2 Å². The standard InChI is InChI=1S/C24H21F3N4O2S2/c1-33-12-11-28-22(32)19-9-3-2-6-16(19)15-35-23-30-29-21(20-10-5-13-34-20)31(23)18-8-4-7-17(14-18)24(25,26)27/h2-10,13-14H,11-12,15H2,1H3,(H,28,32). The molecule has 0 bridgehead atoms.